The monoisotopic (exact) mass is 367 g/mol. The van der Waals surface area contributed by atoms with Gasteiger partial charge in [0.25, 0.3) is 0 Å². The number of benzene rings is 1. The van der Waals surface area contributed by atoms with Gasteiger partial charge in [-0.2, -0.15) is 0 Å². The van der Waals surface area contributed by atoms with Crippen molar-refractivity contribution in [2.75, 3.05) is 32.7 Å². The molecule has 6 heteroatoms. The van der Waals surface area contributed by atoms with Crippen LogP contribution in [0, 0.1) is 0 Å². The standard InChI is InChI=1S/C19H33N3O2S/c1-18(2,3)21-25(23)17-8-6-16(7-9-17)24-19(4,5)10-13-22-14-11-20-12-15-22/h6-9,20-21H,10-15H2,1-5H3. The van der Waals surface area contributed by atoms with E-state index in [4.69, 9.17) is 4.74 Å². The third-order valence-electron chi connectivity index (χ3n) is 4.07. The lowest BCUT2D eigenvalue weighted by Gasteiger charge is -2.32. The van der Waals surface area contributed by atoms with Gasteiger partial charge in [-0.1, -0.05) is 0 Å². The summed E-state index contributed by atoms with van der Waals surface area (Å²) in [5.74, 6) is 0.821. The molecule has 0 saturated carbocycles. The second-order valence-corrected chi connectivity index (χ2v) is 9.51. The first-order valence-corrected chi connectivity index (χ1v) is 10.2. The minimum absolute atomic E-state index is 0.188. The van der Waals surface area contributed by atoms with Gasteiger partial charge in [0, 0.05) is 38.3 Å². The van der Waals surface area contributed by atoms with Crippen LogP contribution in [0.4, 0.5) is 0 Å². The number of hydrogen-bond acceptors (Lipinski definition) is 4. The van der Waals surface area contributed by atoms with Crippen molar-refractivity contribution in [3.63, 3.8) is 0 Å². The highest BCUT2D eigenvalue weighted by molar-refractivity contribution is 7.83. The highest BCUT2D eigenvalue weighted by atomic mass is 32.2. The maximum absolute atomic E-state index is 12.3. The molecule has 1 unspecified atom stereocenters. The highest BCUT2D eigenvalue weighted by Gasteiger charge is 2.22. The zero-order chi connectivity index (χ0) is 18.5. The molecule has 2 N–H and O–H groups in total. The summed E-state index contributed by atoms with van der Waals surface area (Å²) in [6.07, 6.45) is 0.978. The Balaban J connectivity index is 1.87. The maximum Gasteiger partial charge on any atom is 0.125 e. The predicted molar refractivity (Wildman–Crippen MR) is 104 cm³/mol. The van der Waals surface area contributed by atoms with Crippen LogP contribution in [-0.4, -0.2) is 53.0 Å². The van der Waals surface area contributed by atoms with E-state index in [0.717, 1.165) is 49.8 Å². The molecule has 0 bridgehead atoms. The van der Waals surface area contributed by atoms with E-state index in [1.165, 1.54) is 0 Å². The Hall–Kier alpha value is -0.950. The first-order chi connectivity index (χ1) is 11.6. The van der Waals surface area contributed by atoms with Crippen molar-refractivity contribution in [3.8, 4) is 5.75 Å². The van der Waals surface area contributed by atoms with Gasteiger partial charge in [-0.15, -0.1) is 0 Å². The molecule has 1 atom stereocenters. The topological polar surface area (TPSA) is 53.6 Å². The van der Waals surface area contributed by atoms with Gasteiger partial charge >= 0.3 is 0 Å². The molecule has 0 spiro atoms. The Labute approximate surface area is 155 Å². The van der Waals surface area contributed by atoms with E-state index in [1.54, 1.807) is 0 Å². The van der Waals surface area contributed by atoms with Crippen LogP contribution in [0.25, 0.3) is 0 Å². The lowest BCUT2D eigenvalue weighted by atomic mass is 10.0. The van der Waals surface area contributed by atoms with Crippen LogP contribution in [0.3, 0.4) is 0 Å². The zero-order valence-corrected chi connectivity index (χ0v) is 17.0. The van der Waals surface area contributed by atoms with Crippen molar-refractivity contribution in [1.82, 2.24) is 14.9 Å². The van der Waals surface area contributed by atoms with E-state index in [2.05, 4.69) is 28.8 Å². The Morgan fingerprint density at radius 1 is 1.12 bits per heavy atom. The molecule has 25 heavy (non-hydrogen) atoms. The minimum atomic E-state index is -1.21. The van der Waals surface area contributed by atoms with Gasteiger partial charge in [0.2, 0.25) is 0 Å². The largest absolute Gasteiger partial charge is 0.488 e. The first kappa shape index (κ1) is 20.4. The molecule has 1 heterocycles. The molecule has 0 aliphatic carbocycles. The number of nitrogens with zero attached hydrogens (tertiary/aromatic N) is 1. The molecule has 2 rings (SSSR count). The van der Waals surface area contributed by atoms with Gasteiger partial charge in [-0.25, -0.2) is 8.93 Å². The molecule has 0 radical (unpaired) electrons. The molecule has 0 aromatic heterocycles. The molecule has 5 nitrogen and oxygen atoms in total. The van der Waals surface area contributed by atoms with Crippen LogP contribution >= 0.6 is 0 Å². The fraction of sp³-hybridized carbons (Fsp3) is 0.684. The average Bonchev–Trinajstić information content (AvgIpc) is 2.53. The molecule has 1 aromatic rings. The van der Waals surface area contributed by atoms with E-state index >= 15 is 0 Å². The summed E-state index contributed by atoms with van der Waals surface area (Å²) >= 11 is 0. The van der Waals surface area contributed by atoms with E-state index in [9.17, 15) is 4.21 Å². The highest BCUT2D eigenvalue weighted by Crippen LogP contribution is 2.23. The van der Waals surface area contributed by atoms with Crippen molar-refractivity contribution >= 4 is 11.0 Å². The van der Waals surface area contributed by atoms with Crippen LogP contribution in [0.2, 0.25) is 0 Å². The average molecular weight is 368 g/mol. The summed E-state index contributed by atoms with van der Waals surface area (Å²) < 4.78 is 21.5. The van der Waals surface area contributed by atoms with Gasteiger partial charge in [0.05, 0.1) is 4.90 Å². The lowest BCUT2D eigenvalue weighted by Crippen LogP contribution is -2.45. The predicted octanol–water partition coefficient (Wildman–Crippen LogP) is 2.55. The van der Waals surface area contributed by atoms with E-state index in [1.807, 2.05) is 45.0 Å². The summed E-state index contributed by atoms with van der Waals surface area (Å²) in [5, 5.41) is 3.38. The second kappa shape index (κ2) is 8.62. The SMILES string of the molecule is CC(C)(C)NS(=O)c1ccc(OC(C)(C)CCN2CCNCC2)cc1. The smallest absolute Gasteiger partial charge is 0.125 e. The van der Waals surface area contributed by atoms with Crippen molar-refractivity contribution in [2.24, 2.45) is 0 Å². The molecule has 1 aliphatic rings. The van der Waals surface area contributed by atoms with Gasteiger partial charge in [-0.05, 0) is 65.3 Å². The van der Waals surface area contributed by atoms with Crippen molar-refractivity contribution < 1.29 is 8.95 Å². The molecule has 1 aromatic carbocycles. The Bertz CT molecular complexity index is 561. The third kappa shape index (κ3) is 7.44. The fourth-order valence-corrected chi connectivity index (χ4v) is 3.76. The van der Waals surface area contributed by atoms with Crippen LogP contribution in [-0.2, 0) is 11.0 Å². The molecular formula is C19H33N3O2S. The summed E-state index contributed by atoms with van der Waals surface area (Å²) in [5.41, 5.74) is -0.415. The van der Waals surface area contributed by atoms with E-state index in [0.29, 0.717) is 0 Å². The van der Waals surface area contributed by atoms with E-state index < -0.39 is 11.0 Å². The van der Waals surface area contributed by atoms with Crippen LogP contribution < -0.4 is 14.8 Å². The van der Waals surface area contributed by atoms with Crippen molar-refractivity contribution in [3.05, 3.63) is 24.3 Å². The molecule has 1 fully saturated rings. The Kier molecular flexibility index (Phi) is 7.02. The number of nitrogens with one attached hydrogen (secondary N) is 2. The second-order valence-electron chi connectivity index (χ2n) is 8.30. The van der Waals surface area contributed by atoms with Crippen molar-refractivity contribution in [1.29, 1.82) is 0 Å². The number of ether oxygens (including phenoxy) is 1. The molecule has 1 saturated heterocycles. The van der Waals surface area contributed by atoms with Gasteiger partial charge in [-0.3, -0.25) is 0 Å². The van der Waals surface area contributed by atoms with Gasteiger partial charge in [0.1, 0.15) is 22.3 Å². The van der Waals surface area contributed by atoms with Gasteiger partial charge in [0.15, 0.2) is 0 Å². The summed E-state index contributed by atoms with van der Waals surface area (Å²) in [6.45, 7) is 15.7. The summed E-state index contributed by atoms with van der Waals surface area (Å²) in [4.78, 5) is 3.24. The van der Waals surface area contributed by atoms with Gasteiger partial charge < -0.3 is 15.0 Å². The molecule has 142 valence electrons. The third-order valence-corrected chi connectivity index (χ3v) is 5.57. The Morgan fingerprint density at radius 2 is 1.72 bits per heavy atom. The van der Waals surface area contributed by atoms with Crippen LogP contribution in [0.15, 0.2) is 29.2 Å². The minimum Gasteiger partial charge on any atom is -0.488 e. The number of rotatable bonds is 7. The Morgan fingerprint density at radius 3 is 2.28 bits per heavy atom. The van der Waals surface area contributed by atoms with Crippen molar-refractivity contribution in [2.45, 2.75) is 57.1 Å². The maximum atomic E-state index is 12.3. The van der Waals surface area contributed by atoms with Crippen LogP contribution in [0.5, 0.6) is 5.75 Å². The first-order valence-electron chi connectivity index (χ1n) is 9.06. The van der Waals surface area contributed by atoms with Crippen LogP contribution in [0.1, 0.15) is 41.0 Å². The number of piperazine rings is 1. The number of hydrogen-bond donors (Lipinski definition) is 2. The molecule has 0 amide bonds. The molecular weight excluding hydrogens is 334 g/mol. The fourth-order valence-electron chi connectivity index (χ4n) is 2.70. The zero-order valence-electron chi connectivity index (χ0n) is 16.2. The summed E-state index contributed by atoms with van der Waals surface area (Å²) in [7, 11) is -1.21. The normalized spacial score (nSPS) is 18.1. The van der Waals surface area contributed by atoms with E-state index in [-0.39, 0.29) is 11.1 Å². The summed E-state index contributed by atoms with van der Waals surface area (Å²) in [6, 6.07) is 7.56. The molecule has 1 aliphatic heterocycles. The lowest BCUT2D eigenvalue weighted by molar-refractivity contribution is 0.0808. The quantitative estimate of drug-likeness (QED) is 0.778.